The number of aryl methyl sites for hydroxylation is 2. The number of carbonyl (C=O) groups is 2. The number of nitrogens with one attached hydrogen (secondary N) is 1. The van der Waals surface area contributed by atoms with E-state index in [1.807, 2.05) is 39.2 Å². The van der Waals surface area contributed by atoms with Crippen LogP contribution in [-0.4, -0.2) is 26.8 Å². The molecule has 0 aliphatic heterocycles. The molecule has 5 atom stereocenters. The number of carboxylic acids is 1. The maximum atomic E-state index is 12.6. The van der Waals surface area contributed by atoms with E-state index < -0.39 is 17.8 Å². The van der Waals surface area contributed by atoms with Crippen molar-refractivity contribution in [2.75, 3.05) is 0 Å². The number of hydrogen-bond acceptors (Lipinski definition) is 3. The van der Waals surface area contributed by atoms with Crippen LogP contribution in [0.15, 0.2) is 18.3 Å². The zero-order valence-electron chi connectivity index (χ0n) is 13.0. The Hall–Kier alpha value is -2.11. The van der Waals surface area contributed by atoms with Gasteiger partial charge in [-0.05, 0) is 32.1 Å². The standard InChI is InChI=1S/C16H21N3O3/c1-8(12-7-19(3)18-9(12)2)17-15(20)13-10-4-5-11(6-10)14(13)16(21)22/h4-5,7-8,10-11,13-14H,6H2,1-3H3,(H,17,20)(H,21,22)/t8-,10-,11-,13+,14-/m0/s1. The molecule has 1 saturated carbocycles. The van der Waals surface area contributed by atoms with Crippen molar-refractivity contribution < 1.29 is 14.7 Å². The average molecular weight is 303 g/mol. The molecule has 22 heavy (non-hydrogen) atoms. The van der Waals surface area contributed by atoms with E-state index in [0.717, 1.165) is 17.7 Å². The minimum Gasteiger partial charge on any atom is -0.481 e. The third kappa shape index (κ3) is 2.32. The molecule has 0 radical (unpaired) electrons. The molecule has 2 bridgehead atoms. The highest BCUT2D eigenvalue weighted by atomic mass is 16.4. The van der Waals surface area contributed by atoms with Gasteiger partial charge in [0, 0.05) is 18.8 Å². The molecule has 1 aromatic rings. The van der Waals surface area contributed by atoms with Crippen molar-refractivity contribution in [3.05, 3.63) is 29.6 Å². The van der Waals surface area contributed by atoms with E-state index in [2.05, 4.69) is 10.4 Å². The Morgan fingerprint density at radius 3 is 2.55 bits per heavy atom. The van der Waals surface area contributed by atoms with Gasteiger partial charge in [0.1, 0.15) is 0 Å². The van der Waals surface area contributed by atoms with Gasteiger partial charge in [-0.3, -0.25) is 14.3 Å². The molecule has 2 N–H and O–H groups in total. The molecule has 2 aliphatic rings. The van der Waals surface area contributed by atoms with Crippen LogP contribution in [0.5, 0.6) is 0 Å². The molecule has 1 heterocycles. The predicted octanol–water partition coefficient (Wildman–Crippen LogP) is 1.43. The highest BCUT2D eigenvalue weighted by molar-refractivity contribution is 5.87. The lowest BCUT2D eigenvalue weighted by Gasteiger charge is -2.25. The summed E-state index contributed by atoms with van der Waals surface area (Å²) in [5, 5.41) is 16.7. The third-order valence-electron chi connectivity index (χ3n) is 4.92. The first-order chi connectivity index (χ1) is 10.4. The highest BCUT2D eigenvalue weighted by Gasteiger charge is 2.51. The zero-order valence-corrected chi connectivity index (χ0v) is 13.0. The first kappa shape index (κ1) is 14.8. The quantitative estimate of drug-likeness (QED) is 0.824. The predicted molar refractivity (Wildman–Crippen MR) is 79.9 cm³/mol. The van der Waals surface area contributed by atoms with Gasteiger partial charge in [-0.15, -0.1) is 0 Å². The maximum absolute atomic E-state index is 12.6. The number of aromatic nitrogens is 2. The number of allylic oxidation sites excluding steroid dienone is 2. The number of nitrogens with zero attached hydrogens (tertiary/aromatic N) is 2. The first-order valence-corrected chi connectivity index (χ1v) is 7.60. The Morgan fingerprint density at radius 2 is 2.00 bits per heavy atom. The van der Waals surface area contributed by atoms with E-state index in [-0.39, 0.29) is 23.8 Å². The number of aliphatic carboxylic acids is 1. The van der Waals surface area contributed by atoms with E-state index in [1.54, 1.807) is 4.68 Å². The summed E-state index contributed by atoms with van der Waals surface area (Å²) in [6, 6.07) is -0.182. The Balaban J connectivity index is 1.75. The van der Waals surface area contributed by atoms with E-state index in [0.29, 0.717) is 0 Å². The van der Waals surface area contributed by atoms with Crippen molar-refractivity contribution in [3.8, 4) is 0 Å². The zero-order chi connectivity index (χ0) is 16.0. The van der Waals surface area contributed by atoms with E-state index in [1.165, 1.54) is 0 Å². The van der Waals surface area contributed by atoms with E-state index >= 15 is 0 Å². The molecular formula is C16H21N3O3. The summed E-state index contributed by atoms with van der Waals surface area (Å²) in [5.41, 5.74) is 1.83. The van der Waals surface area contributed by atoms with Crippen LogP contribution in [0.3, 0.4) is 0 Å². The number of carbonyl (C=O) groups excluding carboxylic acids is 1. The van der Waals surface area contributed by atoms with Crippen LogP contribution in [0.2, 0.25) is 0 Å². The molecule has 6 heteroatoms. The van der Waals surface area contributed by atoms with E-state index in [9.17, 15) is 14.7 Å². The molecule has 0 saturated heterocycles. The molecule has 0 spiro atoms. The van der Waals surface area contributed by atoms with Gasteiger partial charge >= 0.3 is 5.97 Å². The summed E-state index contributed by atoms with van der Waals surface area (Å²) in [6.07, 6.45) is 6.60. The Morgan fingerprint density at radius 1 is 1.36 bits per heavy atom. The molecule has 0 aromatic carbocycles. The molecular weight excluding hydrogens is 282 g/mol. The molecule has 1 fully saturated rings. The molecule has 118 valence electrons. The number of carboxylic acid groups (broad SMARTS) is 1. The van der Waals surface area contributed by atoms with Gasteiger partial charge in [0.2, 0.25) is 5.91 Å². The van der Waals surface area contributed by atoms with Crippen molar-refractivity contribution in [2.45, 2.75) is 26.3 Å². The second-order valence-corrected chi connectivity index (χ2v) is 6.41. The maximum Gasteiger partial charge on any atom is 0.307 e. The summed E-state index contributed by atoms with van der Waals surface area (Å²) in [4.78, 5) is 24.1. The highest BCUT2D eigenvalue weighted by Crippen LogP contribution is 2.48. The van der Waals surface area contributed by atoms with Crippen molar-refractivity contribution in [3.63, 3.8) is 0 Å². The number of fused-ring (bicyclic) bond motifs is 2. The van der Waals surface area contributed by atoms with Crippen LogP contribution in [0, 0.1) is 30.6 Å². The van der Waals surface area contributed by atoms with Gasteiger partial charge < -0.3 is 10.4 Å². The lowest BCUT2D eigenvalue weighted by molar-refractivity contribution is -0.148. The monoisotopic (exact) mass is 303 g/mol. The summed E-state index contributed by atoms with van der Waals surface area (Å²) < 4.78 is 1.72. The molecule has 6 nitrogen and oxygen atoms in total. The average Bonchev–Trinajstić information content (AvgIpc) is 3.11. The lowest BCUT2D eigenvalue weighted by Crippen LogP contribution is -2.41. The molecule has 3 rings (SSSR count). The van der Waals surface area contributed by atoms with Crippen molar-refractivity contribution >= 4 is 11.9 Å². The minimum atomic E-state index is -0.873. The second kappa shape index (κ2) is 5.26. The van der Waals surface area contributed by atoms with Crippen molar-refractivity contribution in [1.82, 2.24) is 15.1 Å². The number of hydrogen-bond donors (Lipinski definition) is 2. The molecule has 2 aliphatic carbocycles. The van der Waals surface area contributed by atoms with Crippen molar-refractivity contribution in [1.29, 1.82) is 0 Å². The summed E-state index contributed by atoms with van der Waals surface area (Å²) >= 11 is 0. The van der Waals surface area contributed by atoms with Crippen LogP contribution in [0.25, 0.3) is 0 Å². The number of rotatable bonds is 4. The second-order valence-electron chi connectivity index (χ2n) is 6.41. The minimum absolute atomic E-state index is 0.00585. The molecule has 1 aromatic heterocycles. The smallest absolute Gasteiger partial charge is 0.307 e. The SMILES string of the molecule is Cc1nn(C)cc1[C@H](C)NC(=O)[C@H]1[C@@H](C(=O)O)[C@H]2C=C[C@H]1C2. The normalized spacial score (nSPS) is 30.5. The fraction of sp³-hybridized carbons (Fsp3) is 0.562. The Kier molecular flexibility index (Phi) is 3.54. The summed E-state index contributed by atoms with van der Waals surface area (Å²) in [5.74, 6) is -2.06. The van der Waals surface area contributed by atoms with Crippen LogP contribution >= 0.6 is 0 Å². The van der Waals surface area contributed by atoms with Gasteiger partial charge in [-0.2, -0.15) is 5.10 Å². The fourth-order valence-corrected chi connectivity index (χ4v) is 3.95. The van der Waals surface area contributed by atoms with Crippen molar-refractivity contribution in [2.24, 2.45) is 30.7 Å². The van der Waals surface area contributed by atoms with Gasteiger partial charge in [0.25, 0.3) is 0 Å². The van der Waals surface area contributed by atoms with Crippen LogP contribution in [0.4, 0.5) is 0 Å². The van der Waals surface area contributed by atoms with E-state index in [4.69, 9.17) is 0 Å². The fourth-order valence-electron chi connectivity index (χ4n) is 3.95. The topological polar surface area (TPSA) is 84.2 Å². The largest absolute Gasteiger partial charge is 0.481 e. The van der Waals surface area contributed by atoms with Gasteiger partial charge in [-0.25, -0.2) is 0 Å². The third-order valence-corrected chi connectivity index (χ3v) is 4.92. The van der Waals surface area contributed by atoms with Crippen LogP contribution < -0.4 is 5.32 Å². The lowest BCUT2D eigenvalue weighted by atomic mass is 9.82. The van der Waals surface area contributed by atoms with Gasteiger partial charge in [-0.1, -0.05) is 12.2 Å². The molecule has 0 unspecified atom stereocenters. The number of amides is 1. The van der Waals surface area contributed by atoms with Gasteiger partial charge in [0.15, 0.2) is 0 Å². The first-order valence-electron chi connectivity index (χ1n) is 7.60. The summed E-state index contributed by atoms with van der Waals surface area (Å²) in [7, 11) is 1.84. The van der Waals surface area contributed by atoms with Crippen LogP contribution in [0.1, 0.15) is 30.6 Å². The summed E-state index contributed by atoms with van der Waals surface area (Å²) in [6.45, 7) is 3.80. The van der Waals surface area contributed by atoms with Crippen LogP contribution in [-0.2, 0) is 16.6 Å². The van der Waals surface area contributed by atoms with Gasteiger partial charge in [0.05, 0.1) is 23.6 Å². The Bertz CT molecular complexity index is 649. The Labute approximate surface area is 129 Å². The molecule has 1 amide bonds.